The van der Waals surface area contributed by atoms with Crippen LogP contribution in [0, 0.1) is 0 Å². The molecule has 0 aliphatic carbocycles. The summed E-state index contributed by atoms with van der Waals surface area (Å²) in [5, 5.41) is 2.02. The number of nitrogens with two attached hydrogens (primary N) is 1. The molecule has 3 rings (SSSR count). The lowest BCUT2D eigenvalue weighted by Crippen LogP contribution is -2.16. The fourth-order valence-electron chi connectivity index (χ4n) is 2.17. The molecule has 0 bridgehead atoms. The second kappa shape index (κ2) is 3.61. The quantitative estimate of drug-likeness (QED) is 0.599. The maximum Gasteiger partial charge on any atom is 0.437 e. The SMILES string of the molecule is NOC(=O)n1c2ccccc2c2ccccc21. The molecule has 4 nitrogen and oxygen atoms in total. The third kappa shape index (κ3) is 1.31. The van der Waals surface area contributed by atoms with Crippen molar-refractivity contribution in [3.05, 3.63) is 48.5 Å². The molecular formula is C13H10N2O2. The number of hydrogen-bond donors (Lipinski definition) is 1. The van der Waals surface area contributed by atoms with Crippen molar-refractivity contribution in [3.63, 3.8) is 0 Å². The zero-order chi connectivity index (χ0) is 11.8. The molecule has 0 saturated carbocycles. The van der Waals surface area contributed by atoms with Crippen LogP contribution in [0.25, 0.3) is 21.8 Å². The van der Waals surface area contributed by atoms with Gasteiger partial charge in [0.05, 0.1) is 11.0 Å². The van der Waals surface area contributed by atoms with Gasteiger partial charge in [-0.3, -0.25) is 0 Å². The highest BCUT2D eigenvalue weighted by atomic mass is 16.7. The summed E-state index contributed by atoms with van der Waals surface area (Å²) in [6, 6.07) is 15.3. The predicted octanol–water partition coefficient (Wildman–Crippen LogP) is 2.65. The zero-order valence-corrected chi connectivity index (χ0v) is 8.96. The lowest BCUT2D eigenvalue weighted by atomic mass is 10.2. The molecule has 0 spiro atoms. The molecule has 0 unspecified atom stereocenters. The summed E-state index contributed by atoms with van der Waals surface area (Å²) in [6.07, 6.45) is -0.581. The minimum absolute atomic E-state index is 0.581. The van der Waals surface area contributed by atoms with Crippen LogP contribution >= 0.6 is 0 Å². The third-order valence-corrected chi connectivity index (χ3v) is 2.86. The molecule has 1 heterocycles. The number of hydrogen-bond acceptors (Lipinski definition) is 3. The molecule has 2 aromatic carbocycles. The average molecular weight is 226 g/mol. The average Bonchev–Trinajstić information content (AvgIpc) is 2.72. The van der Waals surface area contributed by atoms with Crippen molar-refractivity contribution in [1.29, 1.82) is 0 Å². The van der Waals surface area contributed by atoms with E-state index < -0.39 is 6.09 Å². The maximum absolute atomic E-state index is 11.7. The molecular weight excluding hydrogens is 216 g/mol. The van der Waals surface area contributed by atoms with Crippen LogP contribution < -0.4 is 5.90 Å². The lowest BCUT2D eigenvalue weighted by Gasteiger charge is -2.02. The second-order valence-corrected chi connectivity index (χ2v) is 3.75. The van der Waals surface area contributed by atoms with Crippen LogP contribution in [-0.4, -0.2) is 10.7 Å². The summed E-state index contributed by atoms with van der Waals surface area (Å²) in [5.74, 6) is 4.97. The summed E-state index contributed by atoms with van der Waals surface area (Å²) >= 11 is 0. The van der Waals surface area contributed by atoms with Crippen molar-refractivity contribution in [3.8, 4) is 0 Å². The number of rotatable bonds is 0. The van der Waals surface area contributed by atoms with E-state index in [0.29, 0.717) is 0 Å². The number of aromatic nitrogens is 1. The molecule has 0 radical (unpaired) electrons. The van der Waals surface area contributed by atoms with Gasteiger partial charge < -0.3 is 4.84 Å². The number of carbonyl (C=O) groups is 1. The lowest BCUT2D eigenvalue weighted by molar-refractivity contribution is 0.152. The first kappa shape index (κ1) is 9.86. The summed E-state index contributed by atoms with van der Waals surface area (Å²) in [4.78, 5) is 16.1. The van der Waals surface area contributed by atoms with E-state index in [1.54, 1.807) is 0 Å². The number of benzene rings is 2. The van der Waals surface area contributed by atoms with Crippen LogP contribution in [0.4, 0.5) is 4.79 Å². The van der Waals surface area contributed by atoms with Crippen molar-refractivity contribution in [2.24, 2.45) is 5.90 Å². The molecule has 17 heavy (non-hydrogen) atoms. The van der Waals surface area contributed by atoms with Gasteiger partial charge in [-0.25, -0.2) is 9.36 Å². The van der Waals surface area contributed by atoms with E-state index in [2.05, 4.69) is 4.84 Å². The molecule has 3 aromatic rings. The Balaban J connectivity index is 2.54. The van der Waals surface area contributed by atoms with E-state index in [4.69, 9.17) is 5.90 Å². The molecule has 1 aromatic heterocycles. The first-order valence-corrected chi connectivity index (χ1v) is 5.22. The smallest absolute Gasteiger partial charge is 0.356 e. The standard InChI is InChI=1S/C13H10N2O2/c14-17-13(16)15-11-7-3-1-5-9(11)10-6-2-4-8-12(10)15/h1-8H,14H2. The Bertz CT molecular complexity index is 662. The Morgan fingerprint density at radius 3 is 1.88 bits per heavy atom. The van der Waals surface area contributed by atoms with Gasteiger partial charge in [0, 0.05) is 10.8 Å². The van der Waals surface area contributed by atoms with Crippen molar-refractivity contribution < 1.29 is 9.63 Å². The fourth-order valence-corrected chi connectivity index (χ4v) is 2.17. The summed E-state index contributed by atoms with van der Waals surface area (Å²) in [5.41, 5.74) is 1.59. The Morgan fingerprint density at radius 2 is 1.41 bits per heavy atom. The monoisotopic (exact) mass is 226 g/mol. The fraction of sp³-hybridized carbons (Fsp3) is 0. The van der Waals surface area contributed by atoms with E-state index >= 15 is 0 Å². The van der Waals surface area contributed by atoms with Gasteiger partial charge in [0.1, 0.15) is 0 Å². The van der Waals surface area contributed by atoms with Crippen molar-refractivity contribution >= 4 is 27.9 Å². The van der Waals surface area contributed by atoms with Crippen molar-refractivity contribution in [1.82, 2.24) is 4.57 Å². The number of nitrogens with zero attached hydrogens (tertiary/aromatic N) is 1. The molecule has 2 N–H and O–H groups in total. The highest BCUT2D eigenvalue weighted by Gasteiger charge is 2.15. The number of carbonyl (C=O) groups excluding carboxylic acids is 1. The molecule has 0 amide bonds. The molecule has 0 fully saturated rings. The van der Waals surface area contributed by atoms with Gasteiger partial charge >= 0.3 is 6.09 Å². The van der Waals surface area contributed by atoms with Gasteiger partial charge in [0.2, 0.25) is 0 Å². The van der Waals surface area contributed by atoms with Gasteiger partial charge in [0.25, 0.3) is 0 Å². The van der Waals surface area contributed by atoms with Crippen LogP contribution in [-0.2, 0) is 4.84 Å². The van der Waals surface area contributed by atoms with E-state index in [0.717, 1.165) is 21.8 Å². The van der Waals surface area contributed by atoms with Gasteiger partial charge in [-0.1, -0.05) is 36.4 Å². The van der Waals surface area contributed by atoms with Crippen molar-refractivity contribution in [2.75, 3.05) is 0 Å². The number of fused-ring (bicyclic) bond motifs is 3. The van der Waals surface area contributed by atoms with Crippen LogP contribution in [0.3, 0.4) is 0 Å². The summed E-state index contributed by atoms with van der Waals surface area (Å²) in [6.45, 7) is 0. The highest BCUT2D eigenvalue weighted by Crippen LogP contribution is 2.28. The Hall–Kier alpha value is -2.33. The van der Waals surface area contributed by atoms with E-state index in [1.165, 1.54) is 4.57 Å². The minimum Gasteiger partial charge on any atom is -0.356 e. The van der Waals surface area contributed by atoms with Gasteiger partial charge in [-0.15, -0.1) is 0 Å². The molecule has 0 atom stereocenters. The molecule has 0 saturated heterocycles. The summed E-state index contributed by atoms with van der Waals surface area (Å²) in [7, 11) is 0. The molecule has 0 aliphatic rings. The van der Waals surface area contributed by atoms with Crippen molar-refractivity contribution in [2.45, 2.75) is 0 Å². The van der Waals surface area contributed by atoms with E-state index in [-0.39, 0.29) is 0 Å². The highest BCUT2D eigenvalue weighted by molar-refractivity contribution is 6.12. The Kier molecular flexibility index (Phi) is 2.09. The number of para-hydroxylation sites is 2. The molecule has 84 valence electrons. The first-order chi connectivity index (χ1) is 8.33. The van der Waals surface area contributed by atoms with Crippen LogP contribution in [0.5, 0.6) is 0 Å². The predicted molar refractivity (Wildman–Crippen MR) is 65.5 cm³/mol. The first-order valence-electron chi connectivity index (χ1n) is 5.22. The van der Waals surface area contributed by atoms with E-state index in [9.17, 15) is 4.79 Å². The zero-order valence-electron chi connectivity index (χ0n) is 8.96. The third-order valence-electron chi connectivity index (χ3n) is 2.86. The van der Waals surface area contributed by atoms with Crippen LogP contribution in [0.2, 0.25) is 0 Å². The Morgan fingerprint density at radius 1 is 0.941 bits per heavy atom. The molecule has 0 aliphatic heterocycles. The maximum atomic E-state index is 11.7. The Labute approximate surface area is 97.1 Å². The van der Waals surface area contributed by atoms with Crippen LogP contribution in [0.1, 0.15) is 0 Å². The normalized spacial score (nSPS) is 10.9. The second-order valence-electron chi connectivity index (χ2n) is 3.75. The largest absolute Gasteiger partial charge is 0.437 e. The van der Waals surface area contributed by atoms with Gasteiger partial charge in [-0.05, 0) is 12.1 Å². The van der Waals surface area contributed by atoms with E-state index in [1.807, 2.05) is 48.5 Å². The van der Waals surface area contributed by atoms with Crippen LogP contribution in [0.15, 0.2) is 48.5 Å². The minimum atomic E-state index is -0.581. The van der Waals surface area contributed by atoms with Gasteiger partial charge in [-0.2, -0.15) is 5.90 Å². The topological polar surface area (TPSA) is 57.2 Å². The van der Waals surface area contributed by atoms with Gasteiger partial charge in [0.15, 0.2) is 0 Å². The summed E-state index contributed by atoms with van der Waals surface area (Å²) < 4.78 is 1.48. The molecule has 4 heteroatoms.